The van der Waals surface area contributed by atoms with Crippen LogP contribution in [0.25, 0.3) is 0 Å². The lowest BCUT2D eigenvalue weighted by Gasteiger charge is -2.24. The van der Waals surface area contributed by atoms with Crippen LogP contribution >= 0.6 is 0 Å². The Morgan fingerprint density at radius 2 is 1.70 bits per heavy atom. The van der Waals surface area contributed by atoms with Gasteiger partial charge in [0.15, 0.2) is 0 Å². The highest BCUT2D eigenvalue weighted by molar-refractivity contribution is 5.57. The van der Waals surface area contributed by atoms with Gasteiger partial charge in [0.2, 0.25) is 0 Å². The predicted molar refractivity (Wildman–Crippen MR) is 90.5 cm³/mol. The Bertz CT molecular complexity index is 614. The molecule has 3 heteroatoms. The molecule has 0 aromatic heterocycles. The van der Waals surface area contributed by atoms with Gasteiger partial charge in [-0.2, -0.15) is 5.06 Å². The second-order valence-electron chi connectivity index (χ2n) is 6.06. The van der Waals surface area contributed by atoms with Crippen LogP contribution in [-0.4, -0.2) is 17.5 Å². The van der Waals surface area contributed by atoms with Crippen LogP contribution in [-0.2, 0) is 16.2 Å². The van der Waals surface area contributed by atoms with Crippen LogP contribution in [0, 0.1) is 5.92 Å². The van der Waals surface area contributed by atoms with Gasteiger partial charge in [-0.1, -0.05) is 74.0 Å². The van der Waals surface area contributed by atoms with Gasteiger partial charge < -0.3 is 4.79 Å². The quantitative estimate of drug-likeness (QED) is 0.750. The molecular formula is C20H23NO2. The van der Waals surface area contributed by atoms with Crippen LogP contribution in [0.3, 0.4) is 0 Å². The molecule has 0 spiro atoms. The molecule has 0 N–H and O–H groups in total. The van der Waals surface area contributed by atoms with Crippen molar-refractivity contribution >= 4 is 6.29 Å². The van der Waals surface area contributed by atoms with Crippen molar-refractivity contribution in [2.24, 2.45) is 5.92 Å². The molecule has 0 aliphatic carbocycles. The van der Waals surface area contributed by atoms with E-state index < -0.39 is 0 Å². The van der Waals surface area contributed by atoms with Crippen molar-refractivity contribution in [3.63, 3.8) is 0 Å². The third-order valence-corrected chi connectivity index (χ3v) is 4.43. The molecule has 0 unspecified atom stereocenters. The highest BCUT2D eigenvalue weighted by atomic mass is 16.7. The first-order valence-corrected chi connectivity index (χ1v) is 8.31. The van der Waals surface area contributed by atoms with E-state index in [2.05, 4.69) is 31.2 Å². The zero-order valence-corrected chi connectivity index (χ0v) is 13.5. The predicted octanol–water partition coefficient (Wildman–Crippen LogP) is 4.16. The van der Waals surface area contributed by atoms with E-state index >= 15 is 0 Å². The van der Waals surface area contributed by atoms with E-state index in [9.17, 15) is 4.79 Å². The summed E-state index contributed by atoms with van der Waals surface area (Å²) >= 11 is 0. The first kappa shape index (κ1) is 15.9. The van der Waals surface area contributed by atoms with Gasteiger partial charge in [0.05, 0.1) is 18.1 Å². The molecule has 0 amide bonds. The molecule has 2 aromatic rings. The molecule has 120 valence electrons. The third-order valence-electron chi connectivity index (χ3n) is 4.43. The van der Waals surface area contributed by atoms with Gasteiger partial charge in [0.1, 0.15) is 6.29 Å². The van der Waals surface area contributed by atoms with Crippen molar-refractivity contribution in [2.75, 3.05) is 0 Å². The zero-order chi connectivity index (χ0) is 16.1. The molecular weight excluding hydrogens is 286 g/mol. The minimum Gasteiger partial charge on any atom is -0.303 e. The Labute approximate surface area is 137 Å². The molecule has 1 aliphatic heterocycles. The summed E-state index contributed by atoms with van der Waals surface area (Å²) in [7, 11) is 0. The Kier molecular flexibility index (Phi) is 5.21. The van der Waals surface area contributed by atoms with E-state index in [-0.39, 0.29) is 18.1 Å². The molecule has 1 aliphatic rings. The van der Waals surface area contributed by atoms with Gasteiger partial charge in [-0.15, -0.1) is 0 Å². The van der Waals surface area contributed by atoms with Crippen LogP contribution in [0.4, 0.5) is 0 Å². The van der Waals surface area contributed by atoms with Crippen molar-refractivity contribution in [3.05, 3.63) is 71.8 Å². The first-order valence-electron chi connectivity index (χ1n) is 8.31. The van der Waals surface area contributed by atoms with Crippen molar-refractivity contribution in [2.45, 2.75) is 38.5 Å². The molecule has 3 rings (SSSR count). The van der Waals surface area contributed by atoms with E-state index in [1.165, 1.54) is 5.56 Å². The van der Waals surface area contributed by atoms with Gasteiger partial charge in [0, 0.05) is 6.54 Å². The number of carbonyl (C=O) groups excluding carboxylic acids is 1. The van der Waals surface area contributed by atoms with Gasteiger partial charge in [-0.05, 0) is 17.5 Å². The van der Waals surface area contributed by atoms with Crippen LogP contribution < -0.4 is 0 Å². The number of benzene rings is 2. The third kappa shape index (κ3) is 3.52. The van der Waals surface area contributed by atoms with Crippen LogP contribution in [0.15, 0.2) is 60.7 Å². The molecule has 23 heavy (non-hydrogen) atoms. The average molecular weight is 309 g/mol. The second kappa shape index (κ2) is 7.53. The number of hydrogen-bond acceptors (Lipinski definition) is 3. The SMILES string of the molecule is CCC[C@@H]1ON(Cc2ccccc2)[C@@H](c2ccccc2)[C@H]1C=O. The fourth-order valence-electron chi connectivity index (χ4n) is 3.33. The van der Waals surface area contributed by atoms with Crippen molar-refractivity contribution in [1.82, 2.24) is 5.06 Å². The zero-order valence-electron chi connectivity index (χ0n) is 13.5. The molecule has 0 radical (unpaired) electrons. The fourth-order valence-corrected chi connectivity index (χ4v) is 3.33. The fraction of sp³-hybridized carbons (Fsp3) is 0.350. The lowest BCUT2D eigenvalue weighted by atomic mass is 9.89. The Morgan fingerprint density at radius 1 is 1.04 bits per heavy atom. The Balaban J connectivity index is 1.89. The van der Waals surface area contributed by atoms with E-state index in [0.29, 0.717) is 6.54 Å². The monoisotopic (exact) mass is 309 g/mol. The van der Waals surface area contributed by atoms with E-state index in [1.54, 1.807) is 0 Å². The molecule has 1 saturated heterocycles. The molecule has 3 atom stereocenters. The minimum atomic E-state index is -0.124. The van der Waals surface area contributed by atoms with E-state index in [0.717, 1.165) is 24.7 Å². The van der Waals surface area contributed by atoms with Gasteiger partial charge in [0.25, 0.3) is 0 Å². The van der Waals surface area contributed by atoms with Crippen LogP contribution in [0.1, 0.15) is 36.9 Å². The van der Waals surface area contributed by atoms with Crippen molar-refractivity contribution in [3.8, 4) is 0 Å². The van der Waals surface area contributed by atoms with Gasteiger partial charge >= 0.3 is 0 Å². The molecule has 0 saturated carbocycles. The number of aldehydes is 1. The Hall–Kier alpha value is -1.97. The number of carbonyl (C=O) groups is 1. The summed E-state index contributed by atoms with van der Waals surface area (Å²) in [6.07, 6.45) is 2.95. The van der Waals surface area contributed by atoms with Crippen LogP contribution in [0.5, 0.6) is 0 Å². The van der Waals surface area contributed by atoms with Gasteiger partial charge in [-0.25, -0.2) is 0 Å². The minimum absolute atomic E-state index is 0.0227. The molecule has 1 fully saturated rings. The largest absolute Gasteiger partial charge is 0.303 e. The normalized spacial score (nSPS) is 24.7. The number of hydroxylamine groups is 2. The Morgan fingerprint density at radius 3 is 2.30 bits per heavy atom. The summed E-state index contributed by atoms with van der Waals surface area (Å²) in [5.41, 5.74) is 2.33. The highest BCUT2D eigenvalue weighted by Crippen LogP contribution is 2.40. The molecule has 1 heterocycles. The summed E-state index contributed by atoms with van der Waals surface area (Å²) in [6.45, 7) is 2.81. The lowest BCUT2D eigenvalue weighted by molar-refractivity contribution is -0.172. The van der Waals surface area contributed by atoms with Crippen molar-refractivity contribution in [1.29, 1.82) is 0 Å². The van der Waals surface area contributed by atoms with E-state index in [4.69, 9.17) is 4.84 Å². The second-order valence-corrected chi connectivity index (χ2v) is 6.06. The standard InChI is InChI=1S/C20H23NO2/c1-2-9-19-18(15-22)20(17-12-7-4-8-13-17)21(23-19)14-16-10-5-3-6-11-16/h3-8,10-13,15,18-20H,2,9,14H2,1H3/t18-,19-,20-/m0/s1. The average Bonchev–Trinajstić information content (AvgIpc) is 2.94. The maximum atomic E-state index is 11.8. The summed E-state index contributed by atoms with van der Waals surface area (Å²) < 4.78 is 0. The molecule has 2 aromatic carbocycles. The summed E-state index contributed by atoms with van der Waals surface area (Å²) in [5.74, 6) is -0.124. The highest BCUT2D eigenvalue weighted by Gasteiger charge is 2.43. The smallest absolute Gasteiger partial charge is 0.127 e. The maximum absolute atomic E-state index is 11.8. The van der Waals surface area contributed by atoms with Crippen molar-refractivity contribution < 1.29 is 9.63 Å². The summed E-state index contributed by atoms with van der Waals surface area (Å²) in [5, 5.41) is 1.99. The summed E-state index contributed by atoms with van der Waals surface area (Å²) in [4.78, 5) is 17.9. The summed E-state index contributed by atoms with van der Waals surface area (Å²) in [6, 6.07) is 20.4. The number of rotatable bonds is 6. The van der Waals surface area contributed by atoms with E-state index in [1.807, 2.05) is 41.5 Å². The van der Waals surface area contributed by atoms with Crippen LogP contribution in [0.2, 0.25) is 0 Å². The van der Waals surface area contributed by atoms with Gasteiger partial charge in [-0.3, -0.25) is 4.84 Å². The lowest BCUT2D eigenvalue weighted by Crippen LogP contribution is -2.25. The number of nitrogens with zero attached hydrogens (tertiary/aromatic N) is 1. The maximum Gasteiger partial charge on any atom is 0.127 e. The molecule has 3 nitrogen and oxygen atoms in total. The molecule has 0 bridgehead atoms. The topological polar surface area (TPSA) is 29.5 Å². The number of hydrogen-bond donors (Lipinski definition) is 0. The first-order chi connectivity index (χ1) is 11.3.